The molecule has 0 aliphatic heterocycles. The molecule has 0 spiro atoms. The van der Waals surface area contributed by atoms with Gasteiger partial charge in [-0.05, 0) is 27.7 Å². The maximum absolute atomic E-state index is 7.92. The van der Waals surface area contributed by atoms with E-state index in [-0.39, 0.29) is 19.2 Å². The normalized spacial score (nSPS) is 9.70. The lowest BCUT2D eigenvalue weighted by Gasteiger charge is -2.16. The quantitative estimate of drug-likeness (QED) is 0.189. The van der Waals surface area contributed by atoms with Gasteiger partial charge in [0.1, 0.15) is 0 Å². The average molecular weight is 453 g/mol. The van der Waals surface area contributed by atoms with E-state index in [1.54, 1.807) is 0 Å². The number of aliphatic hydroxyl groups excluding tert-OH is 1. The topological polar surface area (TPSA) is 66.4 Å². The van der Waals surface area contributed by atoms with Gasteiger partial charge in [-0.25, -0.2) is 0 Å². The zero-order valence-corrected chi connectivity index (χ0v) is 18.8. The van der Waals surface area contributed by atoms with Crippen LogP contribution in [0, 0.1) is 24.7 Å². The summed E-state index contributed by atoms with van der Waals surface area (Å²) < 4.78 is 26.1. The van der Waals surface area contributed by atoms with E-state index in [1.807, 2.05) is 27.7 Å². The first-order valence-electron chi connectivity index (χ1n) is 9.19. The Morgan fingerprint density at radius 1 is 0.815 bits per heavy atom. The van der Waals surface area contributed by atoms with Crippen LogP contribution in [0.5, 0.6) is 0 Å². The number of rotatable bonds is 14. The fourth-order valence-electron chi connectivity index (χ4n) is 1.40. The van der Waals surface area contributed by atoms with Crippen LogP contribution in [0.25, 0.3) is 0 Å². The highest BCUT2D eigenvalue weighted by atomic mass is 79.9. The zero-order chi connectivity index (χ0) is 21.2. The lowest BCUT2D eigenvalue weighted by Crippen LogP contribution is -2.23. The third kappa shape index (κ3) is 30.3. The van der Waals surface area contributed by atoms with E-state index < -0.39 is 0 Å². The van der Waals surface area contributed by atoms with E-state index in [0.29, 0.717) is 52.5 Å². The van der Waals surface area contributed by atoms with Crippen molar-refractivity contribution in [2.24, 2.45) is 0 Å². The lowest BCUT2D eigenvalue weighted by molar-refractivity contribution is -0.166. The van der Waals surface area contributed by atoms with Crippen LogP contribution in [0.1, 0.15) is 40.5 Å². The number of alkyl halides is 1. The van der Waals surface area contributed by atoms with Crippen molar-refractivity contribution in [1.29, 1.82) is 0 Å². The molecular formula is C20H37BrO6. The van der Waals surface area contributed by atoms with Gasteiger partial charge in [-0.1, -0.05) is 15.9 Å². The van der Waals surface area contributed by atoms with E-state index in [1.165, 1.54) is 0 Å². The number of terminal acetylenes is 2. The highest BCUT2D eigenvalue weighted by Gasteiger charge is 2.06. The third-order valence-corrected chi connectivity index (χ3v) is 2.97. The van der Waals surface area contributed by atoms with Crippen molar-refractivity contribution < 1.29 is 28.8 Å². The summed E-state index contributed by atoms with van der Waals surface area (Å²) in [4.78, 5) is 0. The molecule has 160 valence electrons. The zero-order valence-electron chi connectivity index (χ0n) is 17.2. The SMILES string of the molecule is C#CCCO.C#CCCOCC(OCC)OCC.CCOC(CBr)OCC. The summed E-state index contributed by atoms with van der Waals surface area (Å²) in [6.07, 6.45) is 10.6. The summed E-state index contributed by atoms with van der Waals surface area (Å²) in [5.41, 5.74) is 0. The Morgan fingerprint density at radius 3 is 1.56 bits per heavy atom. The molecular weight excluding hydrogens is 416 g/mol. The molecule has 6 nitrogen and oxygen atoms in total. The van der Waals surface area contributed by atoms with Gasteiger partial charge in [0.2, 0.25) is 0 Å². The van der Waals surface area contributed by atoms with Crippen molar-refractivity contribution in [3.05, 3.63) is 0 Å². The van der Waals surface area contributed by atoms with Gasteiger partial charge in [-0.15, -0.1) is 24.7 Å². The largest absolute Gasteiger partial charge is 0.395 e. The molecule has 0 saturated heterocycles. The Morgan fingerprint density at radius 2 is 1.26 bits per heavy atom. The fourth-order valence-corrected chi connectivity index (χ4v) is 1.77. The number of halogens is 1. The molecule has 0 aliphatic rings. The Balaban J connectivity index is -0.000000356. The van der Waals surface area contributed by atoms with Crippen LogP contribution in [0.15, 0.2) is 0 Å². The summed E-state index contributed by atoms with van der Waals surface area (Å²) in [6, 6.07) is 0. The summed E-state index contributed by atoms with van der Waals surface area (Å²) in [5.74, 6) is 4.77. The summed E-state index contributed by atoms with van der Waals surface area (Å²) in [6.45, 7) is 11.5. The minimum absolute atomic E-state index is 0.0694. The van der Waals surface area contributed by atoms with Gasteiger partial charge in [0.05, 0.1) is 25.2 Å². The predicted octanol–water partition coefficient (Wildman–Crippen LogP) is 3.21. The molecule has 0 aliphatic carbocycles. The second-order valence-electron chi connectivity index (χ2n) is 4.54. The van der Waals surface area contributed by atoms with Gasteiger partial charge >= 0.3 is 0 Å². The lowest BCUT2D eigenvalue weighted by atomic mass is 10.5. The molecule has 7 heteroatoms. The van der Waals surface area contributed by atoms with E-state index in [4.69, 9.17) is 41.6 Å². The van der Waals surface area contributed by atoms with Gasteiger partial charge in [0.15, 0.2) is 12.6 Å². The van der Waals surface area contributed by atoms with Crippen molar-refractivity contribution in [3.8, 4) is 24.7 Å². The Bertz CT molecular complexity index is 328. The average Bonchev–Trinajstić information content (AvgIpc) is 2.67. The maximum Gasteiger partial charge on any atom is 0.180 e. The number of hydrogen-bond acceptors (Lipinski definition) is 6. The number of ether oxygens (including phenoxy) is 5. The molecule has 0 fully saturated rings. The number of hydrogen-bond donors (Lipinski definition) is 1. The smallest absolute Gasteiger partial charge is 0.180 e. The molecule has 0 radical (unpaired) electrons. The highest BCUT2D eigenvalue weighted by molar-refractivity contribution is 9.09. The molecule has 0 rings (SSSR count). The molecule has 0 saturated carbocycles. The molecule has 0 aromatic rings. The van der Waals surface area contributed by atoms with Crippen LogP contribution in [0.3, 0.4) is 0 Å². The minimum Gasteiger partial charge on any atom is -0.395 e. The van der Waals surface area contributed by atoms with Gasteiger partial charge in [0.25, 0.3) is 0 Å². The summed E-state index contributed by atoms with van der Waals surface area (Å²) in [7, 11) is 0. The molecule has 0 aromatic heterocycles. The van der Waals surface area contributed by atoms with Crippen LogP contribution in [0.2, 0.25) is 0 Å². The minimum atomic E-state index is -0.257. The van der Waals surface area contributed by atoms with Crippen LogP contribution < -0.4 is 0 Å². The molecule has 0 amide bonds. The first-order valence-corrected chi connectivity index (χ1v) is 10.3. The van der Waals surface area contributed by atoms with E-state index in [2.05, 4.69) is 27.8 Å². The Hall–Kier alpha value is -0.640. The fraction of sp³-hybridized carbons (Fsp3) is 0.800. The molecule has 0 bridgehead atoms. The monoisotopic (exact) mass is 452 g/mol. The third-order valence-electron chi connectivity index (χ3n) is 2.44. The Kier molecular flexibility index (Phi) is 34.6. The van der Waals surface area contributed by atoms with Crippen molar-refractivity contribution in [1.82, 2.24) is 0 Å². The first-order chi connectivity index (χ1) is 13.1. The highest BCUT2D eigenvalue weighted by Crippen LogP contribution is 1.98. The summed E-state index contributed by atoms with van der Waals surface area (Å²) >= 11 is 3.27. The van der Waals surface area contributed by atoms with Crippen molar-refractivity contribution >= 4 is 15.9 Å². The molecule has 1 N–H and O–H groups in total. The van der Waals surface area contributed by atoms with Crippen LogP contribution in [-0.4, -0.2) is 69.3 Å². The predicted molar refractivity (Wildman–Crippen MR) is 113 cm³/mol. The summed E-state index contributed by atoms with van der Waals surface area (Å²) in [5, 5.41) is 8.67. The van der Waals surface area contributed by atoms with Gasteiger partial charge < -0.3 is 28.8 Å². The van der Waals surface area contributed by atoms with Crippen molar-refractivity contribution in [2.75, 3.05) is 51.6 Å². The second-order valence-corrected chi connectivity index (χ2v) is 5.19. The molecule has 0 atom stereocenters. The van der Waals surface area contributed by atoms with E-state index in [0.717, 1.165) is 5.33 Å². The van der Waals surface area contributed by atoms with E-state index in [9.17, 15) is 0 Å². The number of aliphatic hydroxyl groups is 1. The second kappa shape index (κ2) is 30.1. The van der Waals surface area contributed by atoms with Gasteiger partial charge in [-0.2, -0.15) is 0 Å². The van der Waals surface area contributed by atoms with Crippen LogP contribution >= 0.6 is 15.9 Å². The van der Waals surface area contributed by atoms with Crippen molar-refractivity contribution in [3.63, 3.8) is 0 Å². The molecule has 0 aromatic carbocycles. The van der Waals surface area contributed by atoms with Crippen LogP contribution in [0.4, 0.5) is 0 Å². The Labute approximate surface area is 174 Å². The van der Waals surface area contributed by atoms with Gasteiger partial charge in [0, 0.05) is 39.3 Å². The van der Waals surface area contributed by atoms with Crippen LogP contribution in [-0.2, 0) is 23.7 Å². The van der Waals surface area contributed by atoms with Gasteiger partial charge in [-0.3, -0.25) is 0 Å². The van der Waals surface area contributed by atoms with Crippen molar-refractivity contribution in [2.45, 2.75) is 53.1 Å². The first kappa shape index (κ1) is 31.1. The molecule has 0 unspecified atom stereocenters. The van der Waals surface area contributed by atoms with E-state index >= 15 is 0 Å². The maximum atomic E-state index is 7.92. The standard InChI is InChI=1S/C10H18O3.C6H13BrO2.C4H6O/c1-4-7-8-11-9-10(12-5-2)13-6-3;1-3-8-6(5-7)9-4-2;1-2-3-4-5/h1,10H,5-9H2,2-3H3;6H,3-5H2,1-2H3;1,5H,3-4H2. The molecule has 27 heavy (non-hydrogen) atoms. The molecule has 0 heterocycles.